The van der Waals surface area contributed by atoms with Gasteiger partial charge in [-0.15, -0.1) is 0 Å². The van der Waals surface area contributed by atoms with Gasteiger partial charge in [0.2, 0.25) is 0 Å². The van der Waals surface area contributed by atoms with E-state index in [1.807, 2.05) is 0 Å². The summed E-state index contributed by atoms with van der Waals surface area (Å²) in [5, 5.41) is 3.98. The van der Waals surface area contributed by atoms with E-state index in [0.29, 0.717) is 0 Å². The summed E-state index contributed by atoms with van der Waals surface area (Å²) < 4.78 is -2.89. The minimum atomic E-state index is -2.89. The summed E-state index contributed by atoms with van der Waals surface area (Å²) in [6.45, 7) is 6.57. The Labute approximate surface area is 160 Å². The molecule has 0 spiro atoms. The molecule has 3 aromatic carbocycles. The van der Waals surface area contributed by atoms with Crippen molar-refractivity contribution in [3.8, 4) is 0 Å². The van der Waals surface area contributed by atoms with Gasteiger partial charge in [-0.05, 0) is 0 Å². The number of benzene rings is 3. The van der Waals surface area contributed by atoms with Crippen LogP contribution in [-0.2, 0) is 0 Å². The summed E-state index contributed by atoms with van der Waals surface area (Å²) in [6, 6.07) is 26.0. The molecule has 0 bridgehead atoms. The molecule has 0 aromatic heterocycles. The summed E-state index contributed by atoms with van der Waals surface area (Å²) in [7, 11) is 0. The second-order valence-electron chi connectivity index (χ2n) is 6.27. The normalized spacial score (nSPS) is 13.3. The molecule has 3 rings (SSSR count). The van der Waals surface area contributed by atoms with Crippen molar-refractivity contribution in [3.63, 3.8) is 0 Å². The molecule has 0 fully saturated rings. The SMILES string of the molecule is Cc1ccccc1P(Br)(Br)(c1ccccc1C)c1ccccc1C. The quantitative estimate of drug-likeness (QED) is 0.414. The Hall–Kier alpha value is -0.950. The predicted octanol–water partition coefficient (Wildman–Crippen LogP) is 6.06. The third kappa shape index (κ3) is 2.69. The number of rotatable bonds is 3. The predicted molar refractivity (Wildman–Crippen MR) is 117 cm³/mol. The van der Waals surface area contributed by atoms with Gasteiger partial charge in [-0.3, -0.25) is 0 Å². The Morgan fingerprint density at radius 3 is 1.00 bits per heavy atom. The average molecular weight is 464 g/mol. The number of halogens is 2. The topological polar surface area (TPSA) is 0 Å². The molecule has 3 heteroatoms. The first-order chi connectivity index (χ1) is 11.4. The Bertz CT molecular complexity index is 782. The van der Waals surface area contributed by atoms with E-state index in [1.54, 1.807) is 0 Å². The van der Waals surface area contributed by atoms with Crippen LogP contribution in [0.4, 0.5) is 0 Å². The van der Waals surface area contributed by atoms with Crippen molar-refractivity contribution in [2.75, 3.05) is 0 Å². The van der Waals surface area contributed by atoms with E-state index in [9.17, 15) is 0 Å². The van der Waals surface area contributed by atoms with E-state index in [4.69, 9.17) is 0 Å². The molecule has 0 N–H and O–H groups in total. The molecule has 0 radical (unpaired) electrons. The van der Waals surface area contributed by atoms with Gasteiger partial charge in [0.05, 0.1) is 0 Å². The van der Waals surface area contributed by atoms with Gasteiger partial charge in [-0.1, -0.05) is 0 Å². The molecule has 0 saturated carbocycles. The van der Waals surface area contributed by atoms with Crippen LogP contribution in [0.15, 0.2) is 72.8 Å². The van der Waals surface area contributed by atoms with Gasteiger partial charge >= 0.3 is 161 Å². The first-order valence-electron chi connectivity index (χ1n) is 7.99. The molecule has 124 valence electrons. The maximum atomic E-state index is 4.31. The van der Waals surface area contributed by atoms with Crippen LogP contribution in [0, 0.1) is 20.8 Å². The maximum absolute atomic E-state index is 4.31. The van der Waals surface area contributed by atoms with Crippen LogP contribution in [0.3, 0.4) is 0 Å². The Morgan fingerprint density at radius 1 is 0.500 bits per heavy atom. The fourth-order valence-corrected chi connectivity index (χ4v) is 14.5. The molecule has 3 aromatic rings. The van der Waals surface area contributed by atoms with Gasteiger partial charge < -0.3 is 0 Å². The van der Waals surface area contributed by atoms with Gasteiger partial charge in [0, 0.05) is 0 Å². The van der Waals surface area contributed by atoms with Gasteiger partial charge in [-0.2, -0.15) is 0 Å². The fourth-order valence-electron chi connectivity index (χ4n) is 3.40. The molecule has 0 aliphatic heterocycles. The second kappa shape index (κ2) is 6.41. The van der Waals surface area contributed by atoms with Crippen molar-refractivity contribution in [3.05, 3.63) is 89.5 Å². The first kappa shape index (κ1) is 17.9. The van der Waals surface area contributed by atoms with Crippen LogP contribution in [0.2, 0.25) is 0 Å². The second-order valence-corrected chi connectivity index (χ2v) is 20.9. The van der Waals surface area contributed by atoms with E-state index in [-0.39, 0.29) is 0 Å². The third-order valence-electron chi connectivity index (χ3n) is 4.62. The summed E-state index contributed by atoms with van der Waals surface area (Å²) in [6.07, 6.45) is 0. The van der Waals surface area contributed by atoms with E-state index < -0.39 is 4.01 Å². The number of aryl methyl sites for hydroxylation is 3. The van der Waals surface area contributed by atoms with Crippen molar-refractivity contribution in [1.82, 2.24) is 0 Å². The van der Waals surface area contributed by atoms with Crippen LogP contribution < -0.4 is 15.9 Å². The molecule has 0 unspecified atom stereocenters. The van der Waals surface area contributed by atoms with Gasteiger partial charge in [0.1, 0.15) is 0 Å². The van der Waals surface area contributed by atoms with Crippen LogP contribution in [0.25, 0.3) is 0 Å². The van der Waals surface area contributed by atoms with Crippen molar-refractivity contribution in [1.29, 1.82) is 0 Å². The molecule has 0 saturated heterocycles. The standard InChI is InChI=1S/C21H21Br2P/c1-16-10-4-7-13-19(16)24(22,23,20-14-8-5-11-17(20)2)21-15-9-6-12-18(21)3/h4-15H,1-3H3. The van der Waals surface area contributed by atoms with Crippen LogP contribution in [-0.4, -0.2) is 0 Å². The molecular formula is C21H21Br2P. The average Bonchev–Trinajstić information content (AvgIpc) is 2.56. The van der Waals surface area contributed by atoms with Crippen molar-refractivity contribution >= 4 is 50.9 Å². The zero-order chi connectivity index (χ0) is 17.4. The molecule has 0 heterocycles. The van der Waals surface area contributed by atoms with Gasteiger partial charge in [-0.25, -0.2) is 0 Å². The van der Waals surface area contributed by atoms with E-state index in [2.05, 4.69) is 125 Å². The Balaban J connectivity index is 2.50. The Kier molecular flexibility index (Phi) is 4.77. The molecule has 0 nitrogen and oxygen atoms in total. The van der Waals surface area contributed by atoms with Crippen molar-refractivity contribution in [2.45, 2.75) is 20.8 Å². The molecule has 24 heavy (non-hydrogen) atoms. The van der Waals surface area contributed by atoms with Crippen LogP contribution >= 0.6 is 35.0 Å². The van der Waals surface area contributed by atoms with Crippen LogP contribution in [0.1, 0.15) is 16.7 Å². The molecule has 0 atom stereocenters. The zero-order valence-electron chi connectivity index (χ0n) is 14.1. The summed E-state index contributed by atoms with van der Waals surface area (Å²) in [5.41, 5.74) is 3.86. The number of hydrogen-bond acceptors (Lipinski definition) is 0. The third-order valence-corrected chi connectivity index (χ3v) is 15.5. The van der Waals surface area contributed by atoms with Gasteiger partial charge in [0.15, 0.2) is 0 Å². The molecule has 0 aliphatic carbocycles. The summed E-state index contributed by atoms with van der Waals surface area (Å²) >= 11 is 8.63. The molecular weight excluding hydrogens is 443 g/mol. The monoisotopic (exact) mass is 462 g/mol. The van der Waals surface area contributed by atoms with E-state index >= 15 is 0 Å². The van der Waals surface area contributed by atoms with E-state index in [0.717, 1.165) is 0 Å². The number of hydrogen-bond donors (Lipinski definition) is 0. The van der Waals surface area contributed by atoms with Crippen LogP contribution in [0.5, 0.6) is 0 Å². The van der Waals surface area contributed by atoms with Crippen molar-refractivity contribution in [2.24, 2.45) is 0 Å². The fraction of sp³-hybridized carbons (Fsp3) is 0.143. The summed E-state index contributed by atoms with van der Waals surface area (Å²) in [4.78, 5) is 0. The van der Waals surface area contributed by atoms with E-state index in [1.165, 1.54) is 32.6 Å². The molecule has 0 aliphatic rings. The zero-order valence-corrected chi connectivity index (χ0v) is 18.2. The Morgan fingerprint density at radius 2 is 0.750 bits per heavy atom. The summed E-state index contributed by atoms with van der Waals surface area (Å²) in [5.74, 6) is 0. The molecule has 0 amide bonds. The minimum absolute atomic E-state index is 1.29. The van der Waals surface area contributed by atoms with Crippen molar-refractivity contribution < 1.29 is 0 Å². The van der Waals surface area contributed by atoms with Gasteiger partial charge in [0.25, 0.3) is 0 Å². The first-order valence-corrected chi connectivity index (χ1v) is 14.3.